The van der Waals surface area contributed by atoms with Crippen molar-refractivity contribution < 1.29 is 4.79 Å². The minimum absolute atomic E-state index is 0.0191. The van der Waals surface area contributed by atoms with Crippen LogP contribution in [0.2, 0.25) is 0 Å². The van der Waals surface area contributed by atoms with Gasteiger partial charge in [-0.3, -0.25) is 4.79 Å². The van der Waals surface area contributed by atoms with Crippen molar-refractivity contribution in [1.82, 2.24) is 14.9 Å². The van der Waals surface area contributed by atoms with Gasteiger partial charge in [-0.25, -0.2) is 4.98 Å². The molecule has 1 aromatic heterocycles. The summed E-state index contributed by atoms with van der Waals surface area (Å²) in [6.07, 6.45) is 4.04. The number of H-pyrrole nitrogens is 1. The van der Waals surface area contributed by atoms with E-state index >= 15 is 0 Å². The van der Waals surface area contributed by atoms with Crippen LogP contribution in [0.25, 0.3) is 22.4 Å². The third kappa shape index (κ3) is 4.83. The summed E-state index contributed by atoms with van der Waals surface area (Å²) in [5.74, 6) is 0.836. The van der Waals surface area contributed by atoms with Crippen LogP contribution in [0.3, 0.4) is 0 Å². The van der Waals surface area contributed by atoms with Gasteiger partial charge >= 0.3 is 0 Å². The second-order valence-electron chi connectivity index (χ2n) is 8.88. The van der Waals surface area contributed by atoms with Crippen molar-refractivity contribution in [2.75, 3.05) is 38.1 Å². The van der Waals surface area contributed by atoms with Crippen molar-refractivity contribution in [1.29, 1.82) is 0 Å². The number of nitrogens with zero attached hydrogens (tertiary/aromatic N) is 3. The molecule has 0 saturated carbocycles. The fraction of sp³-hybridized carbons (Fsp3) is 0.286. The Morgan fingerprint density at radius 3 is 2.45 bits per heavy atom. The summed E-state index contributed by atoms with van der Waals surface area (Å²) < 4.78 is 0. The molecule has 33 heavy (non-hydrogen) atoms. The maximum atomic E-state index is 12.8. The highest BCUT2D eigenvalue weighted by Gasteiger charge is 2.13. The second kappa shape index (κ2) is 9.59. The number of anilines is 1. The predicted octanol–water partition coefficient (Wildman–Crippen LogP) is 5.38. The lowest BCUT2D eigenvalue weighted by atomic mass is 10.0. The van der Waals surface area contributed by atoms with E-state index in [4.69, 9.17) is 4.98 Å². The lowest BCUT2D eigenvalue weighted by Crippen LogP contribution is -2.36. The van der Waals surface area contributed by atoms with E-state index in [2.05, 4.69) is 46.1 Å². The Hall–Kier alpha value is -3.44. The zero-order chi connectivity index (χ0) is 22.6. The predicted molar refractivity (Wildman–Crippen MR) is 135 cm³/mol. The SMILES string of the molecule is CN(CCN1CCCCC1)c1ccc(-c2nc3ccc(C(=O)c4ccccc4)cc3[nH]2)cc1. The molecule has 5 heteroatoms. The van der Waals surface area contributed by atoms with E-state index in [1.54, 1.807) is 0 Å². The van der Waals surface area contributed by atoms with Crippen LogP contribution in [0.4, 0.5) is 5.69 Å². The molecule has 1 fully saturated rings. The Morgan fingerprint density at radius 1 is 0.939 bits per heavy atom. The van der Waals surface area contributed by atoms with Gasteiger partial charge in [0.25, 0.3) is 0 Å². The average molecular weight is 439 g/mol. The van der Waals surface area contributed by atoms with Gasteiger partial charge in [-0.05, 0) is 68.4 Å². The summed E-state index contributed by atoms with van der Waals surface area (Å²) in [7, 11) is 2.16. The number of carbonyl (C=O) groups is 1. The molecule has 1 aliphatic rings. The van der Waals surface area contributed by atoms with E-state index < -0.39 is 0 Å². The molecule has 4 aromatic rings. The number of hydrogen-bond donors (Lipinski definition) is 1. The molecular weight excluding hydrogens is 408 g/mol. The van der Waals surface area contributed by atoms with Gasteiger partial charge < -0.3 is 14.8 Å². The minimum Gasteiger partial charge on any atom is -0.373 e. The number of aromatic amines is 1. The minimum atomic E-state index is 0.0191. The summed E-state index contributed by atoms with van der Waals surface area (Å²) in [5, 5.41) is 0. The molecule has 3 aromatic carbocycles. The molecular formula is C28H30N4O. The molecule has 0 radical (unpaired) electrons. The molecule has 5 rings (SSSR count). The number of aromatic nitrogens is 2. The monoisotopic (exact) mass is 438 g/mol. The van der Waals surface area contributed by atoms with Crippen LogP contribution < -0.4 is 4.90 Å². The number of ketones is 1. The molecule has 0 unspecified atom stereocenters. The van der Waals surface area contributed by atoms with Gasteiger partial charge in [-0.1, -0.05) is 36.8 Å². The summed E-state index contributed by atoms with van der Waals surface area (Å²) in [6, 6.07) is 23.6. The zero-order valence-electron chi connectivity index (χ0n) is 19.1. The molecule has 1 aliphatic heterocycles. The fourth-order valence-electron chi connectivity index (χ4n) is 4.52. The molecule has 0 bridgehead atoms. The van der Waals surface area contributed by atoms with E-state index in [0.29, 0.717) is 11.1 Å². The largest absolute Gasteiger partial charge is 0.373 e. The van der Waals surface area contributed by atoms with Crippen molar-refractivity contribution in [3.8, 4) is 11.4 Å². The standard InChI is InChI=1S/C28H30N4O/c1-31(18-19-32-16-6-3-7-17-32)24-13-10-22(11-14-24)28-29-25-15-12-23(20-26(25)30-28)27(33)21-8-4-2-5-9-21/h2,4-5,8-15,20H,3,6-7,16-19H2,1H3,(H,29,30). The third-order valence-corrected chi connectivity index (χ3v) is 6.56. The first-order chi connectivity index (χ1) is 16.2. The number of nitrogens with one attached hydrogen (secondary N) is 1. The third-order valence-electron chi connectivity index (χ3n) is 6.56. The molecule has 0 spiro atoms. The van der Waals surface area contributed by atoms with Crippen molar-refractivity contribution in [2.45, 2.75) is 19.3 Å². The van der Waals surface area contributed by atoms with Gasteiger partial charge in [0.1, 0.15) is 5.82 Å². The molecule has 1 N–H and O–H groups in total. The molecule has 0 atom stereocenters. The van der Waals surface area contributed by atoms with E-state index in [0.717, 1.165) is 35.5 Å². The van der Waals surface area contributed by atoms with Gasteiger partial charge in [0.2, 0.25) is 0 Å². The van der Waals surface area contributed by atoms with Crippen molar-refractivity contribution in [3.63, 3.8) is 0 Å². The van der Waals surface area contributed by atoms with Crippen LogP contribution in [0.15, 0.2) is 72.8 Å². The van der Waals surface area contributed by atoms with Gasteiger partial charge in [0, 0.05) is 42.5 Å². The Balaban J connectivity index is 1.29. The number of fused-ring (bicyclic) bond motifs is 1. The number of benzene rings is 3. The number of likely N-dealkylation sites (N-methyl/N-ethyl adjacent to an activating group) is 1. The molecule has 0 aliphatic carbocycles. The van der Waals surface area contributed by atoms with Crippen molar-refractivity contribution in [3.05, 3.63) is 83.9 Å². The van der Waals surface area contributed by atoms with Crippen LogP contribution in [0.5, 0.6) is 0 Å². The number of piperidine rings is 1. The Kier molecular flexibility index (Phi) is 6.22. The molecule has 1 saturated heterocycles. The lowest BCUT2D eigenvalue weighted by molar-refractivity contribution is 0.103. The van der Waals surface area contributed by atoms with E-state index in [1.807, 2.05) is 48.5 Å². The summed E-state index contributed by atoms with van der Waals surface area (Å²) in [5.41, 5.74) is 5.33. The number of hydrogen-bond acceptors (Lipinski definition) is 4. The van der Waals surface area contributed by atoms with Crippen LogP contribution >= 0.6 is 0 Å². The van der Waals surface area contributed by atoms with Crippen LogP contribution in [0.1, 0.15) is 35.2 Å². The molecule has 2 heterocycles. The number of likely N-dealkylation sites (tertiary alicyclic amines) is 1. The number of rotatable bonds is 7. The Morgan fingerprint density at radius 2 is 1.70 bits per heavy atom. The Bertz CT molecular complexity index is 1220. The highest BCUT2D eigenvalue weighted by Crippen LogP contribution is 2.24. The number of imidazole rings is 1. The highest BCUT2D eigenvalue weighted by molar-refractivity contribution is 6.10. The van der Waals surface area contributed by atoms with Crippen molar-refractivity contribution >= 4 is 22.5 Å². The second-order valence-corrected chi connectivity index (χ2v) is 8.88. The first kappa shape index (κ1) is 21.4. The zero-order valence-corrected chi connectivity index (χ0v) is 19.1. The van der Waals surface area contributed by atoms with E-state index in [1.165, 1.54) is 38.0 Å². The summed E-state index contributed by atoms with van der Waals surface area (Å²) >= 11 is 0. The van der Waals surface area contributed by atoms with E-state index in [-0.39, 0.29) is 5.78 Å². The van der Waals surface area contributed by atoms with Crippen molar-refractivity contribution in [2.24, 2.45) is 0 Å². The van der Waals surface area contributed by atoms with Gasteiger partial charge in [0.15, 0.2) is 5.78 Å². The quantitative estimate of drug-likeness (QED) is 0.394. The van der Waals surface area contributed by atoms with Gasteiger partial charge in [-0.2, -0.15) is 0 Å². The summed E-state index contributed by atoms with van der Waals surface area (Å²) in [6.45, 7) is 4.61. The van der Waals surface area contributed by atoms with E-state index in [9.17, 15) is 4.79 Å². The van der Waals surface area contributed by atoms with Gasteiger partial charge in [-0.15, -0.1) is 0 Å². The Labute approximate surface area is 195 Å². The normalized spacial score (nSPS) is 14.5. The molecule has 168 valence electrons. The molecule has 5 nitrogen and oxygen atoms in total. The maximum absolute atomic E-state index is 12.8. The topological polar surface area (TPSA) is 52.2 Å². The maximum Gasteiger partial charge on any atom is 0.193 e. The van der Waals surface area contributed by atoms with Gasteiger partial charge in [0.05, 0.1) is 11.0 Å². The smallest absolute Gasteiger partial charge is 0.193 e. The van der Waals surface area contributed by atoms with Crippen LogP contribution in [0, 0.1) is 0 Å². The summed E-state index contributed by atoms with van der Waals surface area (Å²) in [4.78, 5) is 25.8. The lowest BCUT2D eigenvalue weighted by Gasteiger charge is -2.29. The average Bonchev–Trinajstić information content (AvgIpc) is 3.31. The molecule has 0 amide bonds. The van der Waals surface area contributed by atoms with Crippen LogP contribution in [-0.4, -0.2) is 53.9 Å². The first-order valence-corrected chi connectivity index (χ1v) is 11.8. The highest BCUT2D eigenvalue weighted by atomic mass is 16.1. The van der Waals surface area contributed by atoms with Crippen LogP contribution in [-0.2, 0) is 0 Å². The first-order valence-electron chi connectivity index (χ1n) is 11.8. The fourth-order valence-corrected chi connectivity index (χ4v) is 4.52. The number of carbonyl (C=O) groups excluding carboxylic acids is 1.